The third kappa shape index (κ3) is 3.62. The molecule has 1 aliphatic rings. The van der Waals surface area contributed by atoms with Gasteiger partial charge in [0.1, 0.15) is 12.1 Å². The highest BCUT2D eigenvalue weighted by atomic mass is 35.5. The molecular formula is C23H20ClN3O3. The fourth-order valence-corrected chi connectivity index (χ4v) is 3.94. The third-order valence-electron chi connectivity index (χ3n) is 5.28. The van der Waals surface area contributed by atoms with E-state index in [1.165, 1.54) is 0 Å². The molecule has 6 nitrogen and oxygen atoms in total. The fourth-order valence-electron chi connectivity index (χ4n) is 3.73. The fraction of sp³-hybridized carbons (Fsp3) is 0.174. The van der Waals surface area contributed by atoms with Crippen LogP contribution in [0, 0.1) is 0 Å². The second kappa shape index (κ2) is 7.80. The second-order valence-corrected chi connectivity index (χ2v) is 7.82. The lowest BCUT2D eigenvalue weighted by molar-refractivity contribution is -0.134. The lowest BCUT2D eigenvalue weighted by Gasteiger charge is -2.24. The van der Waals surface area contributed by atoms with Crippen molar-refractivity contribution in [2.24, 2.45) is 0 Å². The van der Waals surface area contributed by atoms with Crippen LogP contribution in [0.2, 0.25) is 5.02 Å². The van der Waals surface area contributed by atoms with Gasteiger partial charge in [-0.15, -0.1) is 0 Å². The summed E-state index contributed by atoms with van der Waals surface area (Å²) in [5.74, 6) is -0.887. The number of benzene rings is 3. The molecular weight excluding hydrogens is 402 g/mol. The summed E-state index contributed by atoms with van der Waals surface area (Å²) < 4.78 is 0. The molecule has 3 aromatic rings. The highest BCUT2D eigenvalue weighted by Crippen LogP contribution is 2.33. The average molecular weight is 422 g/mol. The van der Waals surface area contributed by atoms with Gasteiger partial charge in [-0.1, -0.05) is 66.2 Å². The van der Waals surface area contributed by atoms with Crippen molar-refractivity contribution in [3.05, 3.63) is 82.9 Å². The van der Waals surface area contributed by atoms with Crippen molar-refractivity contribution in [3.63, 3.8) is 0 Å². The molecule has 1 heterocycles. The lowest BCUT2D eigenvalue weighted by atomic mass is 9.88. The molecule has 1 atom stereocenters. The van der Waals surface area contributed by atoms with Gasteiger partial charge in [-0.2, -0.15) is 0 Å². The number of rotatable bonds is 5. The highest BCUT2D eigenvalue weighted by Gasteiger charge is 2.50. The highest BCUT2D eigenvalue weighted by molar-refractivity contribution is 6.30. The van der Waals surface area contributed by atoms with E-state index in [0.717, 1.165) is 21.2 Å². The van der Waals surface area contributed by atoms with Crippen molar-refractivity contribution in [2.45, 2.75) is 19.0 Å². The Morgan fingerprint density at radius 2 is 1.80 bits per heavy atom. The second-order valence-electron chi connectivity index (χ2n) is 7.38. The first-order valence-electron chi connectivity index (χ1n) is 9.52. The van der Waals surface area contributed by atoms with Crippen LogP contribution in [0.5, 0.6) is 0 Å². The van der Waals surface area contributed by atoms with Gasteiger partial charge >= 0.3 is 6.03 Å². The zero-order valence-electron chi connectivity index (χ0n) is 16.3. The van der Waals surface area contributed by atoms with Crippen LogP contribution < -0.4 is 10.6 Å². The Labute approximate surface area is 178 Å². The molecule has 0 spiro atoms. The molecule has 7 heteroatoms. The molecule has 3 aromatic carbocycles. The monoisotopic (exact) mass is 421 g/mol. The van der Waals surface area contributed by atoms with E-state index in [0.29, 0.717) is 10.6 Å². The number of imide groups is 1. The van der Waals surface area contributed by atoms with Crippen molar-refractivity contribution < 1.29 is 14.4 Å². The number of amides is 4. The van der Waals surface area contributed by atoms with Gasteiger partial charge < -0.3 is 10.6 Å². The zero-order chi connectivity index (χ0) is 21.3. The van der Waals surface area contributed by atoms with E-state index >= 15 is 0 Å². The first-order valence-corrected chi connectivity index (χ1v) is 9.90. The Morgan fingerprint density at radius 1 is 1.07 bits per heavy atom. The normalized spacial score (nSPS) is 18.5. The smallest absolute Gasteiger partial charge is 0.325 e. The molecule has 0 aliphatic carbocycles. The quantitative estimate of drug-likeness (QED) is 0.618. The molecule has 0 aromatic heterocycles. The minimum absolute atomic E-state index is 0.254. The number of carbonyl (C=O) groups is 3. The predicted molar refractivity (Wildman–Crippen MR) is 115 cm³/mol. The number of fused-ring (bicyclic) bond motifs is 1. The Kier molecular flexibility index (Phi) is 5.18. The van der Waals surface area contributed by atoms with Gasteiger partial charge in [0.15, 0.2) is 0 Å². The molecule has 4 rings (SSSR count). The minimum atomic E-state index is -1.24. The van der Waals surface area contributed by atoms with E-state index < -0.39 is 23.4 Å². The number of nitrogens with one attached hydrogen (secondary N) is 2. The topological polar surface area (TPSA) is 78.5 Å². The van der Waals surface area contributed by atoms with Gasteiger partial charge in [0.05, 0.1) is 0 Å². The van der Waals surface area contributed by atoms with Crippen LogP contribution in [0.3, 0.4) is 0 Å². The van der Waals surface area contributed by atoms with Crippen LogP contribution >= 0.6 is 11.6 Å². The van der Waals surface area contributed by atoms with Crippen LogP contribution in [0.25, 0.3) is 10.8 Å². The Bertz CT molecular complexity index is 1160. The van der Waals surface area contributed by atoms with Crippen molar-refractivity contribution in [1.29, 1.82) is 0 Å². The molecule has 1 fully saturated rings. The van der Waals surface area contributed by atoms with Crippen molar-refractivity contribution in [2.75, 3.05) is 6.54 Å². The van der Waals surface area contributed by atoms with Gasteiger partial charge in [-0.05, 0) is 41.0 Å². The molecule has 30 heavy (non-hydrogen) atoms. The standard InChI is InChI=1S/C23H20ClN3O3/c1-23(19-11-5-8-16-7-2-3-10-18(16)19)21(29)27(22(30)26-23)14-20(28)25-13-15-6-4-9-17(24)12-15/h2-12H,13-14H2,1H3,(H,25,28)(H,26,30)/t23-/m0/s1. The number of nitrogens with zero attached hydrogens (tertiary/aromatic N) is 1. The third-order valence-corrected chi connectivity index (χ3v) is 5.52. The summed E-state index contributed by atoms with van der Waals surface area (Å²) in [7, 11) is 0. The zero-order valence-corrected chi connectivity index (χ0v) is 17.1. The maximum atomic E-state index is 13.2. The summed E-state index contributed by atoms with van der Waals surface area (Å²) in [6.07, 6.45) is 0. The molecule has 0 saturated carbocycles. The van der Waals surface area contributed by atoms with Crippen molar-refractivity contribution in [1.82, 2.24) is 15.5 Å². The van der Waals surface area contributed by atoms with E-state index in [1.54, 1.807) is 25.1 Å². The molecule has 0 bridgehead atoms. The maximum absolute atomic E-state index is 13.2. The van der Waals surface area contributed by atoms with Crippen molar-refractivity contribution >= 4 is 40.2 Å². The predicted octanol–water partition coefficient (Wildman–Crippen LogP) is 3.58. The van der Waals surface area contributed by atoms with Gasteiger partial charge in [0.25, 0.3) is 5.91 Å². The Balaban J connectivity index is 1.51. The molecule has 1 saturated heterocycles. The van der Waals surface area contributed by atoms with Gasteiger partial charge in [-0.3, -0.25) is 14.5 Å². The Hall–Kier alpha value is -3.38. The molecule has 152 valence electrons. The molecule has 0 unspecified atom stereocenters. The molecule has 0 radical (unpaired) electrons. The summed E-state index contributed by atoms with van der Waals surface area (Å²) in [4.78, 5) is 39.1. The van der Waals surface area contributed by atoms with Crippen LogP contribution in [0.4, 0.5) is 4.79 Å². The number of hydrogen-bond acceptors (Lipinski definition) is 3. The number of urea groups is 1. The van der Waals surface area contributed by atoms with Crippen LogP contribution in [0.15, 0.2) is 66.7 Å². The summed E-state index contributed by atoms with van der Waals surface area (Å²) >= 11 is 5.95. The molecule has 1 aliphatic heterocycles. The SMILES string of the molecule is C[C@@]1(c2cccc3ccccc23)NC(=O)N(CC(=O)NCc2cccc(Cl)c2)C1=O. The largest absolute Gasteiger partial charge is 0.350 e. The number of hydrogen-bond donors (Lipinski definition) is 2. The molecule has 2 N–H and O–H groups in total. The molecule has 4 amide bonds. The van der Waals surface area contributed by atoms with E-state index in [-0.39, 0.29) is 13.1 Å². The summed E-state index contributed by atoms with van der Waals surface area (Å²) in [6, 6.07) is 19.8. The maximum Gasteiger partial charge on any atom is 0.325 e. The van der Waals surface area contributed by atoms with Crippen LogP contribution in [-0.4, -0.2) is 29.3 Å². The number of carbonyl (C=O) groups excluding carboxylic acids is 3. The first-order chi connectivity index (χ1) is 14.4. The number of halogens is 1. The lowest BCUT2D eigenvalue weighted by Crippen LogP contribution is -2.43. The summed E-state index contributed by atoms with van der Waals surface area (Å²) in [6.45, 7) is 1.56. The van der Waals surface area contributed by atoms with Gasteiger partial charge in [-0.25, -0.2) is 4.79 Å². The first kappa shape index (κ1) is 19.9. The van der Waals surface area contributed by atoms with E-state index in [2.05, 4.69) is 10.6 Å². The Morgan fingerprint density at radius 3 is 2.60 bits per heavy atom. The van der Waals surface area contributed by atoms with Gasteiger partial charge in [0, 0.05) is 11.6 Å². The van der Waals surface area contributed by atoms with Gasteiger partial charge in [0.2, 0.25) is 5.91 Å². The van der Waals surface area contributed by atoms with Crippen LogP contribution in [0.1, 0.15) is 18.1 Å². The van der Waals surface area contributed by atoms with Crippen molar-refractivity contribution in [3.8, 4) is 0 Å². The summed E-state index contributed by atoms with van der Waals surface area (Å²) in [5, 5.41) is 7.90. The minimum Gasteiger partial charge on any atom is -0.350 e. The van der Waals surface area contributed by atoms with E-state index in [1.807, 2.05) is 48.5 Å². The van der Waals surface area contributed by atoms with E-state index in [9.17, 15) is 14.4 Å². The average Bonchev–Trinajstić information content (AvgIpc) is 2.95. The van der Waals surface area contributed by atoms with E-state index in [4.69, 9.17) is 11.6 Å². The summed E-state index contributed by atoms with van der Waals surface area (Å²) in [5.41, 5.74) is 0.278. The van der Waals surface area contributed by atoms with Crippen LogP contribution in [-0.2, 0) is 21.7 Å².